The molecule has 0 unspecified atom stereocenters. The van der Waals surface area contributed by atoms with E-state index in [-0.39, 0.29) is 0 Å². The fraction of sp³-hybridized carbons (Fsp3) is 0.182. The predicted molar refractivity (Wildman–Crippen MR) is 152 cm³/mol. The number of benzene rings is 4. The number of nitrogens with zero attached hydrogens (tertiary/aromatic N) is 3. The Kier molecular flexibility index (Phi) is 5.49. The molecule has 6 aromatic rings. The fourth-order valence-electron chi connectivity index (χ4n) is 5.47. The average molecular weight is 470 g/mol. The SMILES string of the molecule is CC(C)c1cc(C(C)C)c2c(c1-n1ccnc1-c1ccccc1)c1ccccc1n2-c1ccccc1. The van der Waals surface area contributed by atoms with Gasteiger partial charge in [-0.3, -0.25) is 4.57 Å². The number of fused-ring (bicyclic) bond motifs is 3. The first-order valence-electron chi connectivity index (χ1n) is 12.8. The quantitative estimate of drug-likeness (QED) is 0.247. The van der Waals surface area contributed by atoms with Crippen LogP contribution in [0.4, 0.5) is 0 Å². The Hall–Kier alpha value is -4.11. The molecule has 0 saturated heterocycles. The number of aromatic nitrogens is 3. The smallest absolute Gasteiger partial charge is 0.144 e. The highest BCUT2D eigenvalue weighted by Crippen LogP contribution is 2.44. The topological polar surface area (TPSA) is 22.8 Å². The van der Waals surface area contributed by atoms with Crippen molar-refractivity contribution < 1.29 is 0 Å². The molecule has 0 saturated carbocycles. The van der Waals surface area contributed by atoms with Gasteiger partial charge in [-0.05, 0) is 41.2 Å². The third-order valence-corrected chi connectivity index (χ3v) is 7.14. The Balaban J connectivity index is 1.84. The minimum Gasteiger partial charge on any atom is -0.309 e. The molecule has 6 rings (SSSR count). The molecule has 3 heteroatoms. The van der Waals surface area contributed by atoms with Gasteiger partial charge in [-0.15, -0.1) is 0 Å². The number of hydrogen-bond donors (Lipinski definition) is 0. The van der Waals surface area contributed by atoms with E-state index in [1.807, 2.05) is 6.20 Å². The lowest BCUT2D eigenvalue weighted by Crippen LogP contribution is -2.07. The summed E-state index contributed by atoms with van der Waals surface area (Å²) in [5.41, 5.74) is 8.75. The monoisotopic (exact) mass is 469 g/mol. The van der Waals surface area contributed by atoms with Gasteiger partial charge in [0, 0.05) is 34.4 Å². The lowest BCUT2D eigenvalue weighted by Gasteiger charge is -2.22. The van der Waals surface area contributed by atoms with Crippen LogP contribution in [0.2, 0.25) is 0 Å². The Labute approximate surface area is 212 Å². The first-order valence-corrected chi connectivity index (χ1v) is 12.8. The molecule has 3 nitrogen and oxygen atoms in total. The largest absolute Gasteiger partial charge is 0.309 e. The van der Waals surface area contributed by atoms with Crippen molar-refractivity contribution >= 4 is 21.8 Å². The van der Waals surface area contributed by atoms with Gasteiger partial charge in [-0.2, -0.15) is 0 Å². The lowest BCUT2D eigenvalue weighted by atomic mass is 9.90. The van der Waals surface area contributed by atoms with Crippen LogP contribution in [0.1, 0.15) is 50.7 Å². The molecule has 0 spiro atoms. The first-order chi connectivity index (χ1) is 17.6. The van der Waals surface area contributed by atoms with Gasteiger partial charge in [0.25, 0.3) is 0 Å². The van der Waals surface area contributed by atoms with E-state index in [0.717, 1.165) is 11.4 Å². The highest BCUT2D eigenvalue weighted by atomic mass is 15.1. The molecule has 0 fully saturated rings. The lowest BCUT2D eigenvalue weighted by molar-refractivity contribution is 0.827. The minimum absolute atomic E-state index is 0.353. The van der Waals surface area contributed by atoms with E-state index in [1.54, 1.807) is 0 Å². The molecule has 36 heavy (non-hydrogen) atoms. The van der Waals surface area contributed by atoms with Crippen molar-refractivity contribution in [2.45, 2.75) is 39.5 Å². The molecule has 0 aliphatic carbocycles. The summed E-state index contributed by atoms with van der Waals surface area (Å²) in [7, 11) is 0. The van der Waals surface area contributed by atoms with Crippen LogP contribution in [-0.4, -0.2) is 14.1 Å². The number of hydrogen-bond acceptors (Lipinski definition) is 1. The van der Waals surface area contributed by atoms with Crippen molar-refractivity contribution in [2.24, 2.45) is 0 Å². The maximum Gasteiger partial charge on any atom is 0.144 e. The van der Waals surface area contributed by atoms with Crippen molar-refractivity contribution in [2.75, 3.05) is 0 Å². The number of imidazole rings is 1. The molecule has 0 radical (unpaired) electrons. The Morgan fingerprint density at radius 2 is 1.33 bits per heavy atom. The van der Waals surface area contributed by atoms with Crippen LogP contribution in [0.25, 0.3) is 44.6 Å². The molecule has 4 aromatic carbocycles. The van der Waals surface area contributed by atoms with Crippen LogP contribution in [0.3, 0.4) is 0 Å². The zero-order valence-electron chi connectivity index (χ0n) is 21.3. The zero-order chi connectivity index (χ0) is 24.8. The summed E-state index contributed by atoms with van der Waals surface area (Å²) < 4.78 is 4.76. The molecule has 0 atom stereocenters. The Morgan fingerprint density at radius 1 is 0.694 bits per heavy atom. The first kappa shape index (κ1) is 22.4. The summed E-state index contributed by atoms with van der Waals surface area (Å²) in [6.07, 6.45) is 4.04. The zero-order valence-corrected chi connectivity index (χ0v) is 21.3. The highest BCUT2D eigenvalue weighted by Gasteiger charge is 2.25. The van der Waals surface area contributed by atoms with Crippen molar-refractivity contribution in [3.8, 4) is 22.8 Å². The molecule has 2 aromatic heterocycles. The molecule has 178 valence electrons. The van der Waals surface area contributed by atoms with Gasteiger partial charge in [0.05, 0.1) is 16.7 Å². The second-order valence-electron chi connectivity index (χ2n) is 10.1. The number of rotatable bonds is 5. The Morgan fingerprint density at radius 3 is 2.03 bits per heavy atom. The normalized spacial score (nSPS) is 11.8. The fourth-order valence-corrected chi connectivity index (χ4v) is 5.47. The average Bonchev–Trinajstić information content (AvgIpc) is 3.52. The van der Waals surface area contributed by atoms with E-state index in [4.69, 9.17) is 4.98 Å². The maximum atomic E-state index is 4.83. The van der Waals surface area contributed by atoms with E-state index < -0.39 is 0 Å². The van der Waals surface area contributed by atoms with Gasteiger partial charge in [0.1, 0.15) is 5.82 Å². The van der Waals surface area contributed by atoms with Crippen LogP contribution in [0.5, 0.6) is 0 Å². The standard InChI is InChI=1S/C33H31N3/c1-22(2)27-21-28(23(3)4)32-30(31(27)35-20-19-34-33(35)24-13-7-5-8-14-24)26-17-11-12-18-29(26)36(32)25-15-9-6-10-16-25/h5-23H,1-4H3. The van der Waals surface area contributed by atoms with Crippen molar-refractivity contribution in [1.82, 2.24) is 14.1 Å². The molecular formula is C33H31N3. The third kappa shape index (κ3) is 3.46. The summed E-state index contributed by atoms with van der Waals surface area (Å²) in [4.78, 5) is 4.83. The molecule has 0 aliphatic rings. The minimum atomic E-state index is 0.353. The molecule has 2 heterocycles. The third-order valence-electron chi connectivity index (χ3n) is 7.14. The van der Waals surface area contributed by atoms with Gasteiger partial charge >= 0.3 is 0 Å². The summed E-state index contributed by atoms with van der Waals surface area (Å²) >= 11 is 0. The second kappa shape index (κ2) is 8.83. The van der Waals surface area contributed by atoms with Crippen molar-refractivity contribution in [1.29, 1.82) is 0 Å². The summed E-state index contributed by atoms with van der Waals surface area (Å²) in [6, 6.07) is 32.5. The van der Waals surface area contributed by atoms with E-state index >= 15 is 0 Å². The predicted octanol–water partition coefficient (Wildman–Crippen LogP) is 8.88. The van der Waals surface area contributed by atoms with Gasteiger partial charge in [0.15, 0.2) is 0 Å². The summed E-state index contributed by atoms with van der Waals surface area (Å²) in [5, 5.41) is 2.56. The summed E-state index contributed by atoms with van der Waals surface area (Å²) in [6.45, 7) is 9.20. The van der Waals surface area contributed by atoms with E-state index in [1.165, 1.54) is 44.3 Å². The van der Waals surface area contributed by atoms with Crippen LogP contribution in [0, 0.1) is 0 Å². The number of para-hydroxylation sites is 2. The van der Waals surface area contributed by atoms with Gasteiger partial charge < -0.3 is 4.57 Å². The van der Waals surface area contributed by atoms with Crippen LogP contribution < -0.4 is 0 Å². The van der Waals surface area contributed by atoms with Gasteiger partial charge in [-0.1, -0.05) is 100 Å². The van der Waals surface area contributed by atoms with E-state index in [0.29, 0.717) is 11.8 Å². The van der Waals surface area contributed by atoms with Crippen molar-refractivity contribution in [3.05, 3.63) is 115 Å². The van der Waals surface area contributed by atoms with Gasteiger partial charge in [0.2, 0.25) is 0 Å². The molecule has 0 amide bonds. The van der Waals surface area contributed by atoms with E-state index in [9.17, 15) is 0 Å². The van der Waals surface area contributed by atoms with Crippen molar-refractivity contribution in [3.63, 3.8) is 0 Å². The van der Waals surface area contributed by atoms with E-state index in [2.05, 4.69) is 134 Å². The van der Waals surface area contributed by atoms with Gasteiger partial charge in [-0.25, -0.2) is 4.98 Å². The summed E-state index contributed by atoms with van der Waals surface area (Å²) in [5.74, 6) is 1.70. The second-order valence-corrected chi connectivity index (χ2v) is 10.1. The molecular weight excluding hydrogens is 438 g/mol. The maximum absolute atomic E-state index is 4.83. The van der Waals surface area contributed by atoms with Crippen LogP contribution >= 0.6 is 0 Å². The molecule has 0 aliphatic heterocycles. The molecule has 0 bridgehead atoms. The van der Waals surface area contributed by atoms with Crippen LogP contribution in [0.15, 0.2) is 103 Å². The Bertz CT molecular complexity index is 1670. The molecule has 0 N–H and O–H groups in total. The highest BCUT2D eigenvalue weighted by molar-refractivity contribution is 6.15. The van der Waals surface area contributed by atoms with Crippen LogP contribution in [-0.2, 0) is 0 Å².